The zero-order valence-electron chi connectivity index (χ0n) is 18.5. The number of carbonyl (C=O) groups is 1. The maximum Gasteiger partial charge on any atom is 0.230 e. The summed E-state index contributed by atoms with van der Waals surface area (Å²) in [6.45, 7) is 3.71. The summed E-state index contributed by atoms with van der Waals surface area (Å²) in [5.41, 5.74) is 2.58. The van der Waals surface area contributed by atoms with Crippen molar-refractivity contribution in [2.24, 2.45) is 0 Å². The van der Waals surface area contributed by atoms with Crippen molar-refractivity contribution in [1.82, 2.24) is 20.3 Å². The average Bonchev–Trinajstić information content (AvgIpc) is 2.83. The molecule has 0 spiro atoms. The zero-order valence-corrected chi connectivity index (χ0v) is 18.5. The summed E-state index contributed by atoms with van der Waals surface area (Å²) in [6, 6.07) is 9.41. The van der Waals surface area contributed by atoms with Crippen LogP contribution in [0.5, 0.6) is 0 Å². The number of halogens is 2. The average molecular weight is 461 g/mol. The summed E-state index contributed by atoms with van der Waals surface area (Å²) < 4.78 is 28.7. The maximum absolute atomic E-state index is 14.6. The van der Waals surface area contributed by atoms with Gasteiger partial charge in [0.15, 0.2) is 17.5 Å². The number of nitrogens with zero attached hydrogens (tertiary/aromatic N) is 4. The highest BCUT2D eigenvalue weighted by Crippen LogP contribution is 2.32. The number of anilines is 3. The van der Waals surface area contributed by atoms with E-state index in [1.807, 2.05) is 13.0 Å². The van der Waals surface area contributed by atoms with Crippen molar-refractivity contribution >= 4 is 28.8 Å². The Bertz CT molecular complexity index is 1330. The molecule has 8 nitrogen and oxygen atoms in total. The molecule has 0 saturated heterocycles. The van der Waals surface area contributed by atoms with Gasteiger partial charge in [0.05, 0.1) is 11.6 Å². The van der Waals surface area contributed by atoms with Crippen molar-refractivity contribution in [2.45, 2.75) is 26.3 Å². The van der Waals surface area contributed by atoms with Crippen LogP contribution in [0.4, 0.5) is 26.1 Å². The summed E-state index contributed by atoms with van der Waals surface area (Å²) >= 11 is 0. The van der Waals surface area contributed by atoms with E-state index in [9.17, 15) is 13.6 Å². The summed E-state index contributed by atoms with van der Waals surface area (Å²) in [6.07, 6.45) is 3.47. The van der Waals surface area contributed by atoms with Crippen LogP contribution in [-0.2, 0) is 4.79 Å². The summed E-state index contributed by atoms with van der Waals surface area (Å²) in [5.74, 6) is -1.62. The minimum atomic E-state index is -1.15. The number of nitrogens with one attached hydrogen (secondary N) is 3. The second kappa shape index (κ2) is 9.72. The van der Waals surface area contributed by atoms with E-state index in [0.717, 1.165) is 11.3 Å². The Kier molecular flexibility index (Phi) is 6.56. The normalized spacial score (nSPS) is 15.3. The molecule has 1 amide bonds. The predicted octanol–water partition coefficient (Wildman–Crippen LogP) is 4.15. The first-order valence-electron chi connectivity index (χ1n) is 10.5. The van der Waals surface area contributed by atoms with E-state index in [0.29, 0.717) is 36.0 Å². The molecule has 1 aliphatic heterocycles. The minimum absolute atomic E-state index is 0.112. The van der Waals surface area contributed by atoms with Crippen molar-refractivity contribution < 1.29 is 13.6 Å². The minimum Gasteiger partial charge on any atom is -0.326 e. The molecule has 1 atom stereocenters. The number of nitriles is 1. The molecule has 1 aliphatic rings. The van der Waals surface area contributed by atoms with Gasteiger partial charge < -0.3 is 16.0 Å². The molecule has 0 fully saturated rings. The summed E-state index contributed by atoms with van der Waals surface area (Å²) in [5, 5.41) is 18.1. The molecule has 3 aromatic rings. The lowest BCUT2D eigenvalue weighted by Crippen LogP contribution is -2.28. The highest BCUT2D eigenvalue weighted by atomic mass is 19.2. The molecular formula is C24H21F2N7O. The van der Waals surface area contributed by atoms with E-state index < -0.39 is 11.6 Å². The van der Waals surface area contributed by atoms with Crippen LogP contribution < -0.4 is 16.0 Å². The van der Waals surface area contributed by atoms with Crippen LogP contribution >= 0.6 is 0 Å². The molecule has 3 N–H and O–H groups in total. The lowest BCUT2D eigenvalue weighted by molar-refractivity contribution is -0.114. The van der Waals surface area contributed by atoms with Gasteiger partial charge in [0.1, 0.15) is 12.4 Å². The Labute approximate surface area is 194 Å². The van der Waals surface area contributed by atoms with Crippen molar-refractivity contribution in [3.63, 3.8) is 0 Å². The van der Waals surface area contributed by atoms with Crippen LogP contribution in [0.15, 0.2) is 42.7 Å². The van der Waals surface area contributed by atoms with E-state index in [4.69, 9.17) is 5.26 Å². The molecular weight excluding hydrogens is 440 g/mol. The van der Waals surface area contributed by atoms with Crippen molar-refractivity contribution in [1.29, 1.82) is 5.26 Å². The lowest BCUT2D eigenvalue weighted by Gasteiger charge is -2.24. The van der Waals surface area contributed by atoms with E-state index in [2.05, 4.69) is 30.9 Å². The van der Waals surface area contributed by atoms with E-state index in [1.165, 1.54) is 25.4 Å². The Morgan fingerprint density at radius 3 is 2.74 bits per heavy atom. The third-order valence-electron chi connectivity index (χ3n) is 5.48. The first kappa shape index (κ1) is 22.9. The lowest BCUT2D eigenvalue weighted by atomic mass is 9.93. The van der Waals surface area contributed by atoms with E-state index >= 15 is 0 Å². The van der Waals surface area contributed by atoms with Crippen molar-refractivity contribution in [3.05, 3.63) is 76.9 Å². The quantitative estimate of drug-likeness (QED) is 0.523. The third-order valence-corrected chi connectivity index (χ3v) is 5.48. The topological polar surface area (TPSA) is 116 Å². The number of hydrogen-bond acceptors (Lipinski definition) is 7. The second-order valence-corrected chi connectivity index (χ2v) is 7.75. The number of rotatable bonds is 5. The fourth-order valence-electron chi connectivity index (χ4n) is 3.74. The summed E-state index contributed by atoms with van der Waals surface area (Å²) in [4.78, 5) is 24.4. The van der Waals surface area contributed by atoms with Gasteiger partial charge in [-0.3, -0.25) is 4.79 Å². The molecule has 1 aromatic heterocycles. The molecule has 4 rings (SSSR count). The van der Waals surface area contributed by atoms with Crippen LogP contribution in [-0.4, -0.2) is 27.4 Å². The molecule has 2 heterocycles. The molecule has 0 radical (unpaired) electrons. The standard InChI is InChI=1S/C24H21F2N7O/c1-13-18(31-14(2)34)4-3-5-19(13)32-24-30-12-29-23(33-24)20-10-15(8-9-28-20)17-7-6-16(11-27)21(25)22(17)26/h3-8,12,20,28H,9-10H2,1-2H3,(H,31,34)(H,29,30,32,33). The van der Waals surface area contributed by atoms with Crippen molar-refractivity contribution in [2.75, 3.05) is 17.2 Å². The molecule has 172 valence electrons. The van der Waals surface area contributed by atoms with Crippen LogP contribution in [0.1, 0.15) is 41.9 Å². The first-order valence-corrected chi connectivity index (χ1v) is 10.5. The second-order valence-electron chi connectivity index (χ2n) is 7.75. The Morgan fingerprint density at radius 2 is 1.97 bits per heavy atom. The van der Waals surface area contributed by atoms with E-state index in [1.54, 1.807) is 24.3 Å². The Morgan fingerprint density at radius 1 is 1.18 bits per heavy atom. The van der Waals surface area contributed by atoms with Gasteiger partial charge in [-0.1, -0.05) is 18.2 Å². The van der Waals surface area contributed by atoms with Gasteiger partial charge in [-0.05, 0) is 42.7 Å². The van der Waals surface area contributed by atoms with Crippen LogP contribution in [0.2, 0.25) is 0 Å². The SMILES string of the molecule is CC(=O)Nc1cccc(Nc2ncnc(C3CC(c4ccc(C#N)c(F)c4F)=CCN3)n2)c1C. The monoisotopic (exact) mass is 461 g/mol. The first-order chi connectivity index (χ1) is 16.4. The van der Waals surface area contributed by atoms with Crippen molar-refractivity contribution in [3.8, 4) is 6.07 Å². The van der Waals surface area contributed by atoms with E-state index in [-0.39, 0.29) is 23.1 Å². The molecule has 2 aromatic carbocycles. The third kappa shape index (κ3) is 4.74. The molecule has 1 unspecified atom stereocenters. The molecule has 0 aliphatic carbocycles. The van der Waals surface area contributed by atoms with Gasteiger partial charge in [-0.2, -0.15) is 10.2 Å². The largest absolute Gasteiger partial charge is 0.326 e. The molecule has 34 heavy (non-hydrogen) atoms. The number of hydrogen-bond donors (Lipinski definition) is 3. The van der Waals surface area contributed by atoms with Crippen LogP contribution in [0.3, 0.4) is 0 Å². The number of aromatic nitrogens is 3. The predicted molar refractivity (Wildman–Crippen MR) is 123 cm³/mol. The van der Waals surface area contributed by atoms with Gasteiger partial charge in [0, 0.05) is 30.4 Å². The Hall–Kier alpha value is -4.23. The molecule has 10 heteroatoms. The smallest absolute Gasteiger partial charge is 0.230 e. The van der Waals surface area contributed by atoms with Gasteiger partial charge in [0.2, 0.25) is 11.9 Å². The highest BCUT2D eigenvalue weighted by molar-refractivity contribution is 5.90. The maximum atomic E-state index is 14.6. The fraction of sp³-hybridized carbons (Fsp3) is 0.208. The number of benzene rings is 2. The summed E-state index contributed by atoms with van der Waals surface area (Å²) in [7, 11) is 0. The van der Waals surface area contributed by atoms with Gasteiger partial charge in [-0.15, -0.1) is 0 Å². The van der Waals surface area contributed by atoms with Crippen LogP contribution in [0.25, 0.3) is 5.57 Å². The zero-order chi connectivity index (χ0) is 24.2. The fourth-order valence-corrected chi connectivity index (χ4v) is 3.74. The number of carbonyl (C=O) groups excluding carboxylic acids is 1. The molecule has 0 saturated carbocycles. The van der Waals surface area contributed by atoms with Crippen LogP contribution in [0, 0.1) is 29.9 Å². The van der Waals surface area contributed by atoms with Gasteiger partial charge in [-0.25, -0.2) is 18.7 Å². The highest BCUT2D eigenvalue weighted by Gasteiger charge is 2.24. The number of amides is 1. The molecule has 0 bridgehead atoms. The Balaban J connectivity index is 1.55. The van der Waals surface area contributed by atoms with Gasteiger partial charge in [0.25, 0.3) is 0 Å². The van der Waals surface area contributed by atoms with Gasteiger partial charge >= 0.3 is 0 Å².